The van der Waals surface area contributed by atoms with Gasteiger partial charge in [0, 0.05) is 28.4 Å². The van der Waals surface area contributed by atoms with Gasteiger partial charge in [0.15, 0.2) is 5.78 Å². The van der Waals surface area contributed by atoms with Gasteiger partial charge < -0.3 is 5.32 Å². The standard InChI is InChI=1S/C21H23NO/c1-4-15-10-11-17-14-21(2,3)22-19(18(17)12-15)13-20(23)16-8-6-5-7-9-16/h5-13,22H,4,14H2,1-3H3. The Morgan fingerprint density at radius 2 is 1.91 bits per heavy atom. The molecule has 0 aliphatic carbocycles. The first-order valence-electron chi connectivity index (χ1n) is 8.20. The smallest absolute Gasteiger partial charge is 0.187 e. The third-order valence-electron chi connectivity index (χ3n) is 4.31. The molecule has 2 aromatic rings. The highest BCUT2D eigenvalue weighted by atomic mass is 16.1. The fourth-order valence-electron chi connectivity index (χ4n) is 3.13. The summed E-state index contributed by atoms with van der Waals surface area (Å²) in [6, 6.07) is 16.0. The molecule has 1 aliphatic rings. The number of aryl methyl sites for hydroxylation is 1. The Labute approximate surface area is 138 Å². The zero-order valence-corrected chi connectivity index (χ0v) is 14.0. The average Bonchev–Trinajstić information content (AvgIpc) is 2.54. The Balaban J connectivity index is 2.05. The fraction of sp³-hybridized carbons (Fsp3) is 0.286. The normalized spacial score (nSPS) is 17.4. The quantitative estimate of drug-likeness (QED) is 0.673. The lowest BCUT2D eigenvalue weighted by Gasteiger charge is -2.36. The number of carbonyl (C=O) groups is 1. The van der Waals surface area contributed by atoms with Crippen LogP contribution in [0.4, 0.5) is 0 Å². The van der Waals surface area contributed by atoms with E-state index in [0.29, 0.717) is 0 Å². The van der Waals surface area contributed by atoms with E-state index in [9.17, 15) is 4.79 Å². The molecule has 2 nitrogen and oxygen atoms in total. The maximum Gasteiger partial charge on any atom is 0.187 e. The number of hydrogen-bond donors (Lipinski definition) is 1. The number of fused-ring (bicyclic) bond motifs is 1. The SMILES string of the molecule is CCc1ccc2c(c1)C(=CC(=O)c1ccccc1)NC(C)(C)C2. The van der Waals surface area contributed by atoms with E-state index in [0.717, 1.165) is 29.7 Å². The monoisotopic (exact) mass is 305 g/mol. The first-order valence-corrected chi connectivity index (χ1v) is 8.20. The van der Waals surface area contributed by atoms with Crippen molar-refractivity contribution in [1.82, 2.24) is 5.32 Å². The number of allylic oxidation sites excluding steroid dienone is 1. The van der Waals surface area contributed by atoms with Gasteiger partial charge in [-0.05, 0) is 43.9 Å². The summed E-state index contributed by atoms with van der Waals surface area (Å²) in [5.74, 6) is 0.0404. The highest BCUT2D eigenvalue weighted by Crippen LogP contribution is 2.30. The molecule has 0 atom stereocenters. The van der Waals surface area contributed by atoms with Crippen molar-refractivity contribution >= 4 is 11.5 Å². The van der Waals surface area contributed by atoms with Crippen LogP contribution in [0.2, 0.25) is 0 Å². The second kappa shape index (κ2) is 6.04. The molecule has 0 saturated heterocycles. The molecule has 118 valence electrons. The molecule has 0 aromatic heterocycles. The van der Waals surface area contributed by atoms with Gasteiger partial charge in [0.2, 0.25) is 0 Å². The van der Waals surface area contributed by atoms with Gasteiger partial charge in [0.1, 0.15) is 0 Å². The molecule has 0 radical (unpaired) electrons. The summed E-state index contributed by atoms with van der Waals surface area (Å²) in [5, 5.41) is 3.54. The van der Waals surface area contributed by atoms with Gasteiger partial charge in [-0.3, -0.25) is 4.79 Å². The van der Waals surface area contributed by atoms with Crippen molar-refractivity contribution in [2.75, 3.05) is 0 Å². The Morgan fingerprint density at radius 3 is 2.61 bits per heavy atom. The van der Waals surface area contributed by atoms with Crippen molar-refractivity contribution in [3.63, 3.8) is 0 Å². The minimum Gasteiger partial charge on any atom is -0.379 e. The molecule has 0 unspecified atom stereocenters. The topological polar surface area (TPSA) is 29.1 Å². The van der Waals surface area contributed by atoms with Crippen molar-refractivity contribution < 1.29 is 4.79 Å². The van der Waals surface area contributed by atoms with Gasteiger partial charge in [-0.1, -0.05) is 49.4 Å². The van der Waals surface area contributed by atoms with Gasteiger partial charge in [-0.2, -0.15) is 0 Å². The number of nitrogens with one attached hydrogen (secondary N) is 1. The van der Waals surface area contributed by atoms with E-state index in [1.165, 1.54) is 11.1 Å². The predicted molar refractivity (Wildman–Crippen MR) is 95.5 cm³/mol. The second-order valence-electron chi connectivity index (χ2n) is 6.82. The molecular formula is C21H23NO. The molecule has 0 amide bonds. The molecule has 0 fully saturated rings. The summed E-state index contributed by atoms with van der Waals surface area (Å²) in [7, 11) is 0. The summed E-state index contributed by atoms with van der Waals surface area (Å²) in [5.41, 5.74) is 5.36. The zero-order valence-electron chi connectivity index (χ0n) is 14.0. The van der Waals surface area contributed by atoms with E-state index in [-0.39, 0.29) is 11.3 Å². The zero-order chi connectivity index (χ0) is 16.4. The van der Waals surface area contributed by atoms with Crippen LogP contribution < -0.4 is 5.32 Å². The largest absolute Gasteiger partial charge is 0.379 e. The van der Waals surface area contributed by atoms with Crippen LogP contribution in [-0.2, 0) is 12.8 Å². The minimum absolute atomic E-state index is 0.0404. The van der Waals surface area contributed by atoms with Crippen LogP contribution in [0.15, 0.2) is 54.6 Å². The molecule has 0 saturated carbocycles. The molecule has 1 aliphatic heterocycles. The average molecular weight is 305 g/mol. The summed E-state index contributed by atoms with van der Waals surface area (Å²) in [4.78, 5) is 12.6. The summed E-state index contributed by atoms with van der Waals surface area (Å²) < 4.78 is 0. The van der Waals surface area contributed by atoms with Gasteiger partial charge in [0.25, 0.3) is 0 Å². The summed E-state index contributed by atoms with van der Waals surface area (Å²) >= 11 is 0. The van der Waals surface area contributed by atoms with E-state index in [2.05, 4.69) is 44.3 Å². The molecule has 0 spiro atoms. The molecule has 1 heterocycles. The van der Waals surface area contributed by atoms with Crippen LogP contribution in [0.25, 0.3) is 5.70 Å². The maximum absolute atomic E-state index is 12.6. The lowest BCUT2D eigenvalue weighted by molar-refractivity contribution is 0.104. The number of carbonyl (C=O) groups excluding carboxylic acids is 1. The Hall–Kier alpha value is -2.35. The Kier molecular flexibility index (Phi) is 4.08. The van der Waals surface area contributed by atoms with Crippen molar-refractivity contribution in [2.45, 2.75) is 39.2 Å². The molecule has 1 N–H and O–H groups in total. The second-order valence-corrected chi connectivity index (χ2v) is 6.82. The first kappa shape index (κ1) is 15.5. The molecule has 2 aromatic carbocycles. The van der Waals surface area contributed by atoms with Crippen molar-refractivity contribution in [1.29, 1.82) is 0 Å². The first-order chi connectivity index (χ1) is 11.0. The van der Waals surface area contributed by atoms with E-state index in [1.807, 2.05) is 30.3 Å². The van der Waals surface area contributed by atoms with E-state index in [1.54, 1.807) is 6.08 Å². The van der Waals surface area contributed by atoms with Crippen molar-refractivity contribution in [3.05, 3.63) is 76.9 Å². The third-order valence-corrected chi connectivity index (χ3v) is 4.31. The van der Waals surface area contributed by atoms with Gasteiger partial charge in [-0.25, -0.2) is 0 Å². The lowest BCUT2D eigenvalue weighted by Crippen LogP contribution is -2.43. The lowest BCUT2D eigenvalue weighted by atomic mass is 9.84. The summed E-state index contributed by atoms with van der Waals surface area (Å²) in [6.07, 6.45) is 3.70. The number of rotatable bonds is 3. The van der Waals surface area contributed by atoms with Gasteiger partial charge in [-0.15, -0.1) is 0 Å². The maximum atomic E-state index is 12.6. The van der Waals surface area contributed by atoms with E-state index < -0.39 is 0 Å². The van der Waals surface area contributed by atoms with E-state index in [4.69, 9.17) is 0 Å². The number of benzene rings is 2. The highest BCUT2D eigenvalue weighted by Gasteiger charge is 2.28. The Morgan fingerprint density at radius 1 is 1.17 bits per heavy atom. The summed E-state index contributed by atoms with van der Waals surface area (Å²) in [6.45, 7) is 6.50. The molecule has 2 heteroatoms. The fourth-order valence-corrected chi connectivity index (χ4v) is 3.13. The van der Waals surface area contributed by atoms with Crippen LogP contribution in [-0.4, -0.2) is 11.3 Å². The molecule has 3 rings (SSSR count). The van der Waals surface area contributed by atoms with Crippen LogP contribution in [0.3, 0.4) is 0 Å². The molecule has 0 bridgehead atoms. The molecule has 23 heavy (non-hydrogen) atoms. The van der Waals surface area contributed by atoms with Crippen molar-refractivity contribution in [3.8, 4) is 0 Å². The van der Waals surface area contributed by atoms with Gasteiger partial charge in [0.05, 0.1) is 0 Å². The minimum atomic E-state index is -0.0521. The van der Waals surface area contributed by atoms with Crippen LogP contribution in [0.5, 0.6) is 0 Å². The predicted octanol–water partition coefficient (Wildman–Crippen LogP) is 4.40. The number of hydrogen-bond acceptors (Lipinski definition) is 2. The van der Waals surface area contributed by atoms with E-state index >= 15 is 0 Å². The van der Waals surface area contributed by atoms with Crippen LogP contribution >= 0.6 is 0 Å². The van der Waals surface area contributed by atoms with Gasteiger partial charge >= 0.3 is 0 Å². The van der Waals surface area contributed by atoms with Crippen LogP contribution in [0.1, 0.15) is 47.8 Å². The third kappa shape index (κ3) is 3.37. The van der Waals surface area contributed by atoms with Crippen LogP contribution in [0, 0.1) is 0 Å². The highest BCUT2D eigenvalue weighted by molar-refractivity contribution is 6.08. The molecular weight excluding hydrogens is 282 g/mol. The van der Waals surface area contributed by atoms with Crippen molar-refractivity contribution in [2.24, 2.45) is 0 Å². The number of ketones is 1. The Bertz CT molecular complexity index is 757.